The second-order valence-electron chi connectivity index (χ2n) is 9.35. The number of hydrogen-bond donors (Lipinski definition) is 1. The van der Waals surface area contributed by atoms with Crippen molar-refractivity contribution in [1.82, 2.24) is 4.40 Å². The van der Waals surface area contributed by atoms with Gasteiger partial charge in [0.2, 0.25) is 0 Å². The Labute approximate surface area is 227 Å². The first-order valence-electron chi connectivity index (χ1n) is 12.9. The molecular weight excluding hydrogens is 488 g/mol. The van der Waals surface area contributed by atoms with E-state index in [1.807, 2.05) is 12.1 Å². The lowest BCUT2D eigenvalue weighted by Crippen LogP contribution is -2.36. The number of carboxylic acids is 1. The molecule has 1 N–H and O–H groups in total. The summed E-state index contributed by atoms with van der Waals surface area (Å²) in [6.45, 7) is 5.24. The quantitative estimate of drug-likeness (QED) is 0.274. The topological polar surface area (TPSA) is 71.2 Å². The number of rotatable bonds is 5. The minimum absolute atomic E-state index is 0.0229. The first-order valence-corrected chi connectivity index (χ1v) is 12.9. The van der Waals surface area contributed by atoms with Gasteiger partial charge in [0, 0.05) is 53.4 Å². The molecule has 1 aliphatic rings. The number of hydrogen-bond acceptors (Lipinski definition) is 4. The molecule has 0 aliphatic carbocycles. The van der Waals surface area contributed by atoms with Gasteiger partial charge >= 0.3 is 5.97 Å². The number of aromatic nitrogens is 1. The Morgan fingerprint density at radius 2 is 1.41 bits per heavy atom. The van der Waals surface area contributed by atoms with Crippen LogP contribution in [-0.4, -0.2) is 47.6 Å². The highest BCUT2D eigenvalue weighted by molar-refractivity contribution is 6.14. The molecule has 0 amide bonds. The van der Waals surface area contributed by atoms with E-state index in [0.717, 1.165) is 18.8 Å². The lowest BCUT2D eigenvalue weighted by Gasteiger charge is -2.28. The van der Waals surface area contributed by atoms with Gasteiger partial charge in [0.05, 0.1) is 18.8 Å². The number of carboxylic acid groups (broad SMARTS) is 1. The molecule has 3 heterocycles. The van der Waals surface area contributed by atoms with Gasteiger partial charge in [-0.3, -0.25) is 4.79 Å². The second kappa shape index (κ2) is 11.8. The van der Waals surface area contributed by atoms with Crippen LogP contribution in [0.5, 0.6) is 0 Å². The summed E-state index contributed by atoms with van der Waals surface area (Å²) in [6, 6.07) is 30.3. The molecule has 6 heteroatoms. The smallest absolute Gasteiger partial charge is 0.336 e. The van der Waals surface area contributed by atoms with Gasteiger partial charge in [-0.15, -0.1) is 0 Å². The molecule has 3 aromatic carbocycles. The van der Waals surface area contributed by atoms with Crippen LogP contribution in [-0.2, 0) is 4.74 Å². The highest BCUT2D eigenvalue weighted by Crippen LogP contribution is 2.27. The van der Waals surface area contributed by atoms with Crippen molar-refractivity contribution in [3.8, 4) is 11.1 Å². The van der Waals surface area contributed by atoms with E-state index in [1.165, 1.54) is 28.3 Å². The maximum Gasteiger partial charge on any atom is 0.336 e. The van der Waals surface area contributed by atoms with E-state index in [4.69, 9.17) is 4.74 Å². The highest BCUT2D eigenvalue weighted by atomic mass is 16.5. The van der Waals surface area contributed by atoms with Crippen LogP contribution in [0.15, 0.2) is 109 Å². The summed E-state index contributed by atoms with van der Waals surface area (Å²) in [7, 11) is 0. The van der Waals surface area contributed by atoms with Gasteiger partial charge in [0.1, 0.15) is 0 Å². The molecule has 0 unspecified atom stereocenters. The number of aromatic carboxylic acids is 1. The van der Waals surface area contributed by atoms with Crippen LogP contribution in [0.4, 0.5) is 5.69 Å². The number of carbonyl (C=O) groups excluding carboxylic acids is 1. The third-order valence-electron chi connectivity index (χ3n) is 6.94. The van der Waals surface area contributed by atoms with E-state index in [9.17, 15) is 14.7 Å². The summed E-state index contributed by atoms with van der Waals surface area (Å²) in [5.41, 5.74) is 6.96. The molecule has 196 valence electrons. The Kier molecular flexibility index (Phi) is 7.85. The fraction of sp³-hybridized carbons (Fsp3) is 0.152. The fourth-order valence-corrected chi connectivity index (χ4v) is 4.84. The van der Waals surface area contributed by atoms with Crippen molar-refractivity contribution in [3.63, 3.8) is 0 Å². The summed E-state index contributed by atoms with van der Waals surface area (Å²) in [6.07, 6.45) is 4.29. The average Bonchev–Trinajstić information content (AvgIpc) is 3.34. The predicted molar refractivity (Wildman–Crippen MR) is 154 cm³/mol. The van der Waals surface area contributed by atoms with Crippen molar-refractivity contribution in [3.05, 3.63) is 132 Å². The number of morpholine rings is 1. The molecule has 1 saturated heterocycles. The zero-order valence-electron chi connectivity index (χ0n) is 21.8. The summed E-state index contributed by atoms with van der Waals surface area (Å²) in [5.74, 6) is -1.38. The Hall–Kier alpha value is -4.68. The molecule has 0 atom stereocenters. The molecule has 6 nitrogen and oxygen atoms in total. The first-order chi connectivity index (χ1) is 19.0. The summed E-state index contributed by atoms with van der Waals surface area (Å²) in [5, 5.41) is 9.21. The van der Waals surface area contributed by atoms with Gasteiger partial charge < -0.3 is 19.1 Å². The number of carbonyl (C=O) groups is 2. The van der Waals surface area contributed by atoms with Crippen LogP contribution in [0.1, 0.15) is 31.8 Å². The Morgan fingerprint density at radius 1 is 0.769 bits per heavy atom. The minimum atomic E-state index is -1.10. The SMILES string of the molecule is Cc1c(-c2ccccc2)cn2ccccc12.O=C(O)c1ccccc1C(=O)c1ccc(N2CCOCC2)cc1. The lowest BCUT2D eigenvalue weighted by molar-refractivity contribution is 0.0692. The molecule has 0 radical (unpaired) electrons. The normalized spacial score (nSPS) is 13.0. The van der Waals surface area contributed by atoms with Crippen molar-refractivity contribution in [2.45, 2.75) is 6.92 Å². The van der Waals surface area contributed by atoms with Crippen LogP contribution < -0.4 is 4.90 Å². The lowest BCUT2D eigenvalue weighted by atomic mass is 9.98. The zero-order valence-corrected chi connectivity index (χ0v) is 21.8. The molecule has 1 aliphatic heterocycles. The minimum Gasteiger partial charge on any atom is -0.478 e. The van der Waals surface area contributed by atoms with Crippen LogP contribution in [0.3, 0.4) is 0 Å². The van der Waals surface area contributed by atoms with E-state index >= 15 is 0 Å². The maximum absolute atomic E-state index is 12.6. The van der Waals surface area contributed by atoms with Crippen molar-refractivity contribution in [2.75, 3.05) is 31.2 Å². The van der Waals surface area contributed by atoms with E-state index in [-0.39, 0.29) is 16.9 Å². The number of benzene rings is 3. The molecular formula is C33H30N2O4. The summed E-state index contributed by atoms with van der Waals surface area (Å²) >= 11 is 0. The molecule has 2 aromatic heterocycles. The Bertz CT molecular complexity index is 1580. The zero-order chi connectivity index (χ0) is 27.2. The molecule has 5 aromatic rings. The fourth-order valence-electron chi connectivity index (χ4n) is 4.84. The number of aryl methyl sites for hydroxylation is 1. The standard InChI is InChI=1S/C18H17NO4.C15H13N/c20-17(15-3-1-2-4-16(15)18(21)22)13-5-7-14(8-6-13)19-9-11-23-12-10-19;1-12-14(13-7-3-2-4-8-13)11-16-10-6-5-9-15(12)16/h1-8H,9-12H2,(H,21,22);2-11H,1H3. The van der Waals surface area contributed by atoms with Crippen LogP contribution in [0.25, 0.3) is 16.6 Å². The van der Waals surface area contributed by atoms with Crippen LogP contribution in [0, 0.1) is 6.92 Å². The Morgan fingerprint density at radius 3 is 2.08 bits per heavy atom. The van der Waals surface area contributed by atoms with Crippen molar-refractivity contribution in [2.24, 2.45) is 0 Å². The van der Waals surface area contributed by atoms with Crippen molar-refractivity contribution < 1.29 is 19.4 Å². The molecule has 0 spiro atoms. The second-order valence-corrected chi connectivity index (χ2v) is 9.35. The molecule has 39 heavy (non-hydrogen) atoms. The molecule has 1 fully saturated rings. The number of fused-ring (bicyclic) bond motifs is 1. The first kappa shape index (κ1) is 25.9. The van der Waals surface area contributed by atoms with Gasteiger partial charge in [-0.1, -0.05) is 54.6 Å². The third kappa shape index (κ3) is 5.76. The van der Waals surface area contributed by atoms with Crippen molar-refractivity contribution >= 4 is 23.0 Å². The monoisotopic (exact) mass is 518 g/mol. The predicted octanol–water partition coefficient (Wildman–Crippen LogP) is 6.37. The maximum atomic E-state index is 12.6. The largest absolute Gasteiger partial charge is 0.478 e. The molecule has 6 rings (SSSR count). The van der Waals surface area contributed by atoms with Crippen LogP contribution >= 0.6 is 0 Å². The van der Waals surface area contributed by atoms with Crippen LogP contribution in [0.2, 0.25) is 0 Å². The highest BCUT2D eigenvalue weighted by Gasteiger charge is 2.18. The van der Waals surface area contributed by atoms with Gasteiger partial charge in [-0.2, -0.15) is 0 Å². The average molecular weight is 519 g/mol. The third-order valence-corrected chi connectivity index (χ3v) is 6.94. The summed E-state index contributed by atoms with van der Waals surface area (Å²) in [4.78, 5) is 26.0. The van der Waals surface area contributed by atoms with E-state index in [1.54, 1.807) is 30.3 Å². The number of anilines is 1. The van der Waals surface area contributed by atoms with E-state index in [0.29, 0.717) is 18.8 Å². The van der Waals surface area contributed by atoms with Gasteiger partial charge in [0.25, 0.3) is 0 Å². The Balaban J connectivity index is 0.000000168. The number of pyridine rings is 1. The number of ketones is 1. The molecule has 0 bridgehead atoms. The van der Waals surface area contributed by atoms with Crippen molar-refractivity contribution in [1.29, 1.82) is 0 Å². The van der Waals surface area contributed by atoms with Gasteiger partial charge in [-0.05, 0) is 60.5 Å². The number of ether oxygens (including phenoxy) is 1. The van der Waals surface area contributed by atoms with Gasteiger partial charge in [-0.25, -0.2) is 4.79 Å². The molecule has 0 saturated carbocycles. The summed E-state index contributed by atoms with van der Waals surface area (Å²) < 4.78 is 7.50. The van der Waals surface area contributed by atoms with E-state index < -0.39 is 5.97 Å². The van der Waals surface area contributed by atoms with E-state index in [2.05, 4.69) is 77.1 Å². The van der Waals surface area contributed by atoms with Gasteiger partial charge in [0.15, 0.2) is 5.78 Å². The number of nitrogens with zero attached hydrogens (tertiary/aromatic N) is 2.